The Morgan fingerprint density at radius 1 is 1.36 bits per heavy atom. The number of rotatable bonds is 1. The maximum absolute atomic E-state index is 13.0. The highest BCUT2D eigenvalue weighted by Gasteiger charge is 2.03. The molecule has 0 aliphatic carbocycles. The summed E-state index contributed by atoms with van der Waals surface area (Å²) in [6, 6.07) is 5.85. The van der Waals surface area contributed by atoms with Crippen molar-refractivity contribution in [2.75, 3.05) is 0 Å². The molecule has 2 rings (SSSR count). The molecule has 0 saturated carbocycles. The molecule has 0 amide bonds. The first-order valence-electron chi connectivity index (χ1n) is 3.91. The van der Waals surface area contributed by atoms with E-state index in [9.17, 15) is 9.18 Å². The SMILES string of the molecule is O=Cc1ccc2cc(F)c(Cl)cc2n1. The van der Waals surface area contributed by atoms with E-state index in [0.717, 1.165) is 0 Å². The molecule has 1 heterocycles. The normalized spacial score (nSPS) is 10.4. The van der Waals surface area contributed by atoms with E-state index in [-0.39, 0.29) is 5.02 Å². The first-order valence-corrected chi connectivity index (χ1v) is 4.29. The molecule has 0 N–H and O–H groups in total. The van der Waals surface area contributed by atoms with Gasteiger partial charge in [0.05, 0.1) is 10.5 Å². The lowest BCUT2D eigenvalue weighted by Gasteiger charge is -1.99. The summed E-state index contributed by atoms with van der Waals surface area (Å²) in [6.07, 6.45) is 0.636. The molecule has 0 unspecified atom stereocenters. The van der Waals surface area contributed by atoms with Crippen LogP contribution < -0.4 is 0 Å². The van der Waals surface area contributed by atoms with Crippen molar-refractivity contribution in [2.45, 2.75) is 0 Å². The average Bonchev–Trinajstić information content (AvgIpc) is 2.19. The molecule has 14 heavy (non-hydrogen) atoms. The summed E-state index contributed by atoms with van der Waals surface area (Å²) in [5.74, 6) is -0.486. The van der Waals surface area contributed by atoms with Crippen molar-refractivity contribution in [1.29, 1.82) is 0 Å². The number of pyridine rings is 1. The highest BCUT2D eigenvalue weighted by molar-refractivity contribution is 6.31. The van der Waals surface area contributed by atoms with Gasteiger partial charge in [0.15, 0.2) is 6.29 Å². The van der Waals surface area contributed by atoms with E-state index >= 15 is 0 Å². The van der Waals surface area contributed by atoms with E-state index in [4.69, 9.17) is 11.6 Å². The predicted octanol–water partition coefficient (Wildman–Crippen LogP) is 2.84. The molecule has 0 aliphatic rings. The third-order valence-electron chi connectivity index (χ3n) is 1.87. The highest BCUT2D eigenvalue weighted by Crippen LogP contribution is 2.21. The smallest absolute Gasteiger partial charge is 0.168 e. The Morgan fingerprint density at radius 3 is 2.86 bits per heavy atom. The molecule has 0 atom stereocenters. The van der Waals surface area contributed by atoms with E-state index < -0.39 is 5.82 Å². The Bertz CT molecular complexity index is 513. The van der Waals surface area contributed by atoms with Crippen molar-refractivity contribution in [3.63, 3.8) is 0 Å². The van der Waals surface area contributed by atoms with Gasteiger partial charge in [0.1, 0.15) is 11.5 Å². The van der Waals surface area contributed by atoms with E-state index in [0.29, 0.717) is 22.9 Å². The standard InChI is InChI=1S/C10H5ClFNO/c11-8-4-10-6(3-9(8)12)1-2-7(5-14)13-10/h1-5H. The Hall–Kier alpha value is -1.48. The van der Waals surface area contributed by atoms with Gasteiger partial charge in [-0.2, -0.15) is 0 Å². The van der Waals surface area contributed by atoms with Crippen molar-refractivity contribution in [3.8, 4) is 0 Å². The molecule has 1 aromatic heterocycles. The fourth-order valence-corrected chi connectivity index (χ4v) is 1.36. The van der Waals surface area contributed by atoms with Crippen LogP contribution in [0.2, 0.25) is 5.02 Å². The summed E-state index contributed by atoms with van der Waals surface area (Å²) in [5, 5.41) is 0.630. The van der Waals surface area contributed by atoms with Gasteiger partial charge in [0.2, 0.25) is 0 Å². The van der Waals surface area contributed by atoms with Crippen LogP contribution in [0, 0.1) is 5.82 Å². The minimum atomic E-state index is -0.486. The number of benzene rings is 1. The zero-order valence-electron chi connectivity index (χ0n) is 7.00. The van der Waals surface area contributed by atoms with Gasteiger partial charge >= 0.3 is 0 Å². The second-order valence-corrected chi connectivity index (χ2v) is 3.22. The molecule has 0 bridgehead atoms. The van der Waals surface area contributed by atoms with Crippen LogP contribution in [-0.2, 0) is 0 Å². The van der Waals surface area contributed by atoms with Crippen molar-refractivity contribution in [2.24, 2.45) is 0 Å². The minimum absolute atomic E-state index is 0.00745. The van der Waals surface area contributed by atoms with Gasteiger partial charge < -0.3 is 0 Å². The molecule has 0 aliphatic heterocycles. The third-order valence-corrected chi connectivity index (χ3v) is 2.16. The second-order valence-electron chi connectivity index (χ2n) is 2.81. The van der Waals surface area contributed by atoms with Gasteiger partial charge in [-0.25, -0.2) is 9.37 Å². The number of halogens is 2. The van der Waals surface area contributed by atoms with E-state index in [1.54, 1.807) is 6.07 Å². The highest BCUT2D eigenvalue weighted by atomic mass is 35.5. The molecular weight excluding hydrogens is 205 g/mol. The molecule has 0 fully saturated rings. The number of hydrogen-bond acceptors (Lipinski definition) is 2. The Balaban J connectivity index is 2.76. The number of carbonyl (C=O) groups is 1. The zero-order valence-corrected chi connectivity index (χ0v) is 7.75. The summed E-state index contributed by atoms with van der Waals surface area (Å²) < 4.78 is 13.0. The van der Waals surface area contributed by atoms with Crippen LogP contribution in [-0.4, -0.2) is 11.3 Å². The van der Waals surface area contributed by atoms with Crippen LogP contribution in [0.5, 0.6) is 0 Å². The molecule has 2 nitrogen and oxygen atoms in total. The molecule has 70 valence electrons. The van der Waals surface area contributed by atoms with Gasteiger partial charge in [-0.05, 0) is 18.2 Å². The monoisotopic (exact) mass is 209 g/mol. The maximum atomic E-state index is 13.0. The fourth-order valence-electron chi connectivity index (χ4n) is 1.20. The van der Waals surface area contributed by atoms with E-state index in [1.807, 2.05) is 0 Å². The van der Waals surface area contributed by atoms with Gasteiger partial charge in [0.25, 0.3) is 0 Å². The molecular formula is C10H5ClFNO. The van der Waals surface area contributed by atoms with Crippen LogP contribution in [0.3, 0.4) is 0 Å². The summed E-state index contributed by atoms with van der Waals surface area (Å²) in [5.41, 5.74) is 0.821. The number of aldehydes is 1. The summed E-state index contributed by atoms with van der Waals surface area (Å²) in [6.45, 7) is 0. The molecule has 0 spiro atoms. The fraction of sp³-hybridized carbons (Fsp3) is 0. The van der Waals surface area contributed by atoms with Crippen LogP contribution in [0.15, 0.2) is 24.3 Å². The number of nitrogens with zero attached hydrogens (tertiary/aromatic N) is 1. The zero-order chi connectivity index (χ0) is 10.1. The third kappa shape index (κ3) is 1.46. The van der Waals surface area contributed by atoms with Crippen molar-refractivity contribution in [3.05, 3.63) is 40.8 Å². The molecule has 0 saturated heterocycles. The number of fused-ring (bicyclic) bond motifs is 1. The predicted molar refractivity (Wildman–Crippen MR) is 52.1 cm³/mol. The lowest BCUT2D eigenvalue weighted by molar-refractivity contribution is 0.111. The van der Waals surface area contributed by atoms with E-state index in [1.165, 1.54) is 18.2 Å². The lowest BCUT2D eigenvalue weighted by atomic mass is 10.2. The quantitative estimate of drug-likeness (QED) is 0.676. The van der Waals surface area contributed by atoms with Crippen molar-refractivity contribution < 1.29 is 9.18 Å². The first kappa shape index (κ1) is 9.09. The summed E-state index contributed by atoms with van der Waals surface area (Å²) in [4.78, 5) is 14.4. The molecule has 1 aromatic carbocycles. The first-order chi connectivity index (χ1) is 6.70. The van der Waals surface area contributed by atoms with E-state index in [2.05, 4.69) is 4.98 Å². The minimum Gasteiger partial charge on any atom is -0.296 e. The molecule has 0 radical (unpaired) electrons. The van der Waals surface area contributed by atoms with Crippen LogP contribution >= 0.6 is 11.6 Å². The Labute approximate surface area is 84.3 Å². The topological polar surface area (TPSA) is 30.0 Å². The van der Waals surface area contributed by atoms with Crippen LogP contribution in [0.4, 0.5) is 4.39 Å². The van der Waals surface area contributed by atoms with Gasteiger partial charge in [-0.15, -0.1) is 0 Å². The molecule has 2 aromatic rings. The maximum Gasteiger partial charge on any atom is 0.168 e. The van der Waals surface area contributed by atoms with Gasteiger partial charge in [0, 0.05) is 5.39 Å². The van der Waals surface area contributed by atoms with Crippen LogP contribution in [0.1, 0.15) is 10.5 Å². The van der Waals surface area contributed by atoms with Gasteiger partial charge in [-0.3, -0.25) is 4.79 Å². The largest absolute Gasteiger partial charge is 0.296 e. The summed E-state index contributed by atoms with van der Waals surface area (Å²) >= 11 is 5.58. The number of carbonyl (C=O) groups excluding carboxylic acids is 1. The molecule has 4 heteroatoms. The van der Waals surface area contributed by atoms with Crippen molar-refractivity contribution in [1.82, 2.24) is 4.98 Å². The second kappa shape index (κ2) is 3.35. The van der Waals surface area contributed by atoms with Crippen LogP contribution in [0.25, 0.3) is 10.9 Å². The average molecular weight is 210 g/mol. The number of aromatic nitrogens is 1. The number of hydrogen-bond donors (Lipinski definition) is 0. The van der Waals surface area contributed by atoms with Gasteiger partial charge in [-0.1, -0.05) is 17.7 Å². The Kier molecular flexibility index (Phi) is 2.17. The van der Waals surface area contributed by atoms with Crippen molar-refractivity contribution >= 4 is 28.8 Å². The Morgan fingerprint density at radius 2 is 2.14 bits per heavy atom. The lowest BCUT2D eigenvalue weighted by Crippen LogP contribution is -1.88. The summed E-state index contributed by atoms with van der Waals surface area (Å²) in [7, 11) is 0.